The van der Waals surface area contributed by atoms with E-state index < -0.39 is 10.0 Å². The van der Waals surface area contributed by atoms with Gasteiger partial charge >= 0.3 is 0 Å². The molecule has 0 saturated heterocycles. The van der Waals surface area contributed by atoms with Crippen LogP contribution in [0.25, 0.3) is 6.08 Å². The third kappa shape index (κ3) is 3.85. The van der Waals surface area contributed by atoms with Crippen molar-refractivity contribution in [2.45, 2.75) is 11.8 Å². The molecule has 2 rings (SSSR count). The number of rotatable bonds is 4. The zero-order valence-electron chi connectivity index (χ0n) is 10.8. The van der Waals surface area contributed by atoms with E-state index >= 15 is 0 Å². The van der Waals surface area contributed by atoms with E-state index in [1.807, 2.05) is 30.3 Å². The Balaban J connectivity index is 2.20. The number of hydrogen-bond acceptors (Lipinski definition) is 4. The minimum absolute atomic E-state index is 0.0834. The first-order valence-electron chi connectivity index (χ1n) is 5.82. The Morgan fingerprint density at radius 1 is 1.20 bits per heavy atom. The second kappa shape index (κ2) is 6.11. The number of carbonyl (C=O) groups is 1. The van der Waals surface area contributed by atoms with Crippen LogP contribution < -0.4 is 0 Å². The van der Waals surface area contributed by atoms with Crippen molar-refractivity contribution < 1.29 is 13.2 Å². The van der Waals surface area contributed by atoms with Crippen molar-refractivity contribution in [1.29, 1.82) is 0 Å². The molecular weight excluding hydrogens is 294 g/mol. The zero-order chi connectivity index (χ0) is 14.6. The standard InChI is InChI=1S/C14H13NO3S2/c1-12(16)19-14-7-9-15(11-14)20(17,18)10-8-13-5-3-2-4-6-13/h2-11H,1H3. The van der Waals surface area contributed by atoms with E-state index in [4.69, 9.17) is 0 Å². The molecule has 0 unspecified atom stereocenters. The molecule has 0 atom stereocenters. The molecule has 2 aromatic rings. The number of aromatic nitrogens is 1. The highest BCUT2D eigenvalue weighted by Crippen LogP contribution is 2.20. The highest BCUT2D eigenvalue weighted by molar-refractivity contribution is 8.13. The van der Waals surface area contributed by atoms with Gasteiger partial charge in [0.15, 0.2) is 5.12 Å². The van der Waals surface area contributed by atoms with Crippen LogP contribution in [0.3, 0.4) is 0 Å². The van der Waals surface area contributed by atoms with Crippen molar-refractivity contribution in [3.63, 3.8) is 0 Å². The van der Waals surface area contributed by atoms with Crippen molar-refractivity contribution in [2.75, 3.05) is 0 Å². The topological polar surface area (TPSA) is 56.1 Å². The van der Waals surface area contributed by atoms with Crippen LogP contribution in [0.4, 0.5) is 0 Å². The van der Waals surface area contributed by atoms with Gasteiger partial charge in [0.2, 0.25) is 0 Å². The molecular formula is C14H13NO3S2. The molecule has 0 saturated carbocycles. The molecule has 0 bridgehead atoms. The summed E-state index contributed by atoms with van der Waals surface area (Å²) in [4.78, 5) is 11.6. The third-order valence-corrected chi connectivity index (χ3v) is 4.49. The van der Waals surface area contributed by atoms with Gasteiger partial charge < -0.3 is 0 Å². The lowest BCUT2D eigenvalue weighted by Gasteiger charge is -1.99. The van der Waals surface area contributed by atoms with Crippen molar-refractivity contribution in [3.8, 4) is 0 Å². The van der Waals surface area contributed by atoms with Gasteiger partial charge in [-0.2, -0.15) is 0 Å². The van der Waals surface area contributed by atoms with Crippen molar-refractivity contribution in [3.05, 3.63) is 59.8 Å². The number of thioether (sulfide) groups is 1. The maximum absolute atomic E-state index is 12.1. The maximum atomic E-state index is 12.1. The monoisotopic (exact) mass is 307 g/mol. The summed E-state index contributed by atoms with van der Waals surface area (Å²) in [5.41, 5.74) is 0.807. The molecule has 0 amide bonds. The SMILES string of the molecule is CC(=O)Sc1ccn(S(=O)(=O)C=Cc2ccccc2)c1. The summed E-state index contributed by atoms with van der Waals surface area (Å²) in [6, 6.07) is 10.8. The van der Waals surface area contributed by atoms with Gasteiger partial charge in [-0.05, 0) is 17.7 Å². The van der Waals surface area contributed by atoms with Crippen molar-refractivity contribution in [2.24, 2.45) is 0 Å². The quantitative estimate of drug-likeness (QED) is 0.815. The molecule has 0 N–H and O–H groups in total. The Hall–Kier alpha value is -1.79. The number of hydrogen-bond donors (Lipinski definition) is 0. The van der Waals surface area contributed by atoms with E-state index in [9.17, 15) is 13.2 Å². The summed E-state index contributed by atoms with van der Waals surface area (Å²) < 4.78 is 25.3. The molecule has 1 heterocycles. The minimum atomic E-state index is -3.56. The molecule has 1 aromatic heterocycles. The number of benzene rings is 1. The average molecular weight is 307 g/mol. The molecule has 0 spiro atoms. The van der Waals surface area contributed by atoms with Crippen LogP contribution in [-0.4, -0.2) is 17.5 Å². The van der Waals surface area contributed by atoms with E-state index in [-0.39, 0.29) is 5.12 Å². The first-order chi connectivity index (χ1) is 9.47. The van der Waals surface area contributed by atoms with Crippen molar-refractivity contribution in [1.82, 2.24) is 3.97 Å². The van der Waals surface area contributed by atoms with E-state index in [0.717, 1.165) is 26.7 Å². The highest BCUT2D eigenvalue weighted by Gasteiger charge is 2.10. The van der Waals surface area contributed by atoms with E-state index in [1.54, 1.807) is 6.07 Å². The summed E-state index contributed by atoms with van der Waals surface area (Å²) in [5.74, 6) is 0. The predicted molar refractivity (Wildman–Crippen MR) is 80.8 cm³/mol. The van der Waals surface area contributed by atoms with Crippen LogP contribution in [0.5, 0.6) is 0 Å². The fourth-order valence-electron chi connectivity index (χ4n) is 1.54. The largest absolute Gasteiger partial charge is 0.287 e. The van der Waals surface area contributed by atoms with E-state index in [2.05, 4.69) is 0 Å². The van der Waals surface area contributed by atoms with Crippen LogP contribution in [0.15, 0.2) is 59.1 Å². The summed E-state index contributed by atoms with van der Waals surface area (Å²) in [6.45, 7) is 1.44. The van der Waals surface area contributed by atoms with Crippen LogP contribution in [0, 0.1) is 0 Å². The van der Waals surface area contributed by atoms with Gasteiger partial charge in [0.25, 0.3) is 10.0 Å². The summed E-state index contributed by atoms with van der Waals surface area (Å²) >= 11 is 1.00. The number of carbonyl (C=O) groups excluding carboxylic acids is 1. The average Bonchev–Trinajstić information content (AvgIpc) is 2.86. The van der Waals surface area contributed by atoms with Crippen LogP contribution in [0.1, 0.15) is 12.5 Å². The van der Waals surface area contributed by atoms with E-state index in [0.29, 0.717) is 4.90 Å². The Morgan fingerprint density at radius 2 is 1.90 bits per heavy atom. The smallest absolute Gasteiger partial charge is 0.260 e. The molecule has 1 aromatic carbocycles. The Morgan fingerprint density at radius 3 is 2.55 bits per heavy atom. The molecule has 0 fully saturated rings. The van der Waals surface area contributed by atoms with Gasteiger partial charge in [-0.15, -0.1) is 0 Å². The second-order valence-electron chi connectivity index (χ2n) is 4.03. The van der Waals surface area contributed by atoms with Gasteiger partial charge in [0.1, 0.15) is 0 Å². The Labute approximate surface area is 122 Å². The normalized spacial score (nSPS) is 11.8. The van der Waals surface area contributed by atoms with Crippen LogP contribution in [-0.2, 0) is 14.8 Å². The minimum Gasteiger partial charge on any atom is -0.287 e. The highest BCUT2D eigenvalue weighted by atomic mass is 32.2. The molecule has 104 valence electrons. The van der Waals surface area contributed by atoms with Crippen LogP contribution in [0.2, 0.25) is 0 Å². The lowest BCUT2D eigenvalue weighted by molar-refractivity contribution is -0.109. The van der Waals surface area contributed by atoms with Crippen molar-refractivity contribution >= 4 is 33.0 Å². The Kier molecular flexibility index (Phi) is 4.46. The molecule has 20 heavy (non-hydrogen) atoms. The molecule has 0 radical (unpaired) electrons. The number of nitrogens with zero attached hydrogens (tertiary/aromatic N) is 1. The molecule has 0 aliphatic rings. The summed E-state index contributed by atoms with van der Waals surface area (Å²) in [6.07, 6.45) is 4.39. The van der Waals surface area contributed by atoms with Gasteiger partial charge in [-0.3, -0.25) is 4.79 Å². The lowest BCUT2D eigenvalue weighted by atomic mass is 10.2. The van der Waals surface area contributed by atoms with E-state index in [1.165, 1.54) is 25.4 Å². The second-order valence-corrected chi connectivity index (χ2v) is 7.00. The first-order valence-corrected chi connectivity index (χ1v) is 8.14. The summed E-state index contributed by atoms with van der Waals surface area (Å²) in [5, 5.41) is 1.06. The zero-order valence-corrected chi connectivity index (χ0v) is 12.4. The molecule has 0 aliphatic carbocycles. The molecule has 4 nitrogen and oxygen atoms in total. The Bertz CT molecular complexity index is 731. The maximum Gasteiger partial charge on any atom is 0.260 e. The van der Waals surface area contributed by atoms with Gasteiger partial charge in [0.05, 0.1) is 5.41 Å². The summed E-state index contributed by atoms with van der Waals surface area (Å²) in [7, 11) is -3.56. The fourth-order valence-corrected chi connectivity index (χ4v) is 3.20. The fraction of sp³-hybridized carbons (Fsp3) is 0.0714. The molecule has 0 aliphatic heterocycles. The van der Waals surface area contributed by atoms with Crippen LogP contribution >= 0.6 is 11.8 Å². The first kappa shape index (κ1) is 14.6. The van der Waals surface area contributed by atoms with Gasteiger partial charge in [0, 0.05) is 24.2 Å². The van der Waals surface area contributed by atoms with Gasteiger partial charge in [-0.1, -0.05) is 42.1 Å². The third-order valence-electron chi connectivity index (χ3n) is 2.43. The molecule has 6 heteroatoms. The lowest BCUT2D eigenvalue weighted by Crippen LogP contribution is -2.06. The predicted octanol–water partition coefficient (Wildman–Crippen LogP) is 2.98. The van der Waals surface area contributed by atoms with Gasteiger partial charge in [-0.25, -0.2) is 12.4 Å².